The number of aliphatic hydroxyl groups excluding tert-OH is 1. The van der Waals surface area contributed by atoms with Gasteiger partial charge in [0.15, 0.2) is 0 Å². The molecule has 1 saturated carbocycles. The molecule has 0 aromatic rings. The van der Waals surface area contributed by atoms with E-state index >= 15 is 0 Å². The van der Waals surface area contributed by atoms with Crippen LogP contribution < -0.4 is 0 Å². The number of rotatable bonds is 0. The van der Waals surface area contributed by atoms with Gasteiger partial charge in [-0.3, -0.25) is 0 Å². The lowest BCUT2D eigenvalue weighted by molar-refractivity contribution is -0.100. The molecule has 1 N–H and O–H groups in total. The molecule has 2 saturated heterocycles. The highest BCUT2D eigenvalue weighted by atomic mass is 16.5. The van der Waals surface area contributed by atoms with Gasteiger partial charge in [-0.15, -0.1) is 0 Å². The summed E-state index contributed by atoms with van der Waals surface area (Å²) < 4.78 is 4.60. The van der Waals surface area contributed by atoms with Crippen LogP contribution in [0.1, 0.15) is 6.42 Å². The van der Waals surface area contributed by atoms with Gasteiger partial charge in [0.1, 0.15) is 0 Å². The minimum atomic E-state index is -0.267. The number of hydrogen-bond acceptors (Lipinski definition) is 3. The van der Waals surface area contributed by atoms with Crippen LogP contribution in [-0.2, 0) is 4.74 Å². The van der Waals surface area contributed by atoms with E-state index in [4.69, 9.17) is 0 Å². The van der Waals surface area contributed by atoms with Crippen molar-refractivity contribution in [2.24, 2.45) is 11.8 Å². The maximum atomic E-state index is 11.1. The Labute approximate surface area is 71.1 Å². The summed E-state index contributed by atoms with van der Waals surface area (Å²) in [4.78, 5) is 12.7. The molecule has 1 aliphatic carbocycles. The molecule has 1 unspecified atom stereocenters. The molecule has 2 bridgehead atoms. The van der Waals surface area contributed by atoms with Crippen molar-refractivity contribution in [2.75, 3.05) is 20.2 Å². The lowest BCUT2D eigenvalue weighted by Crippen LogP contribution is -2.59. The van der Waals surface area contributed by atoms with Crippen molar-refractivity contribution < 1.29 is 14.6 Å². The normalized spacial score (nSPS) is 38.8. The van der Waals surface area contributed by atoms with Crippen LogP contribution in [0.5, 0.6) is 0 Å². The Morgan fingerprint density at radius 1 is 1.50 bits per heavy atom. The maximum absolute atomic E-state index is 11.1. The van der Waals surface area contributed by atoms with Crippen LogP contribution in [0.3, 0.4) is 0 Å². The second kappa shape index (κ2) is 2.62. The van der Waals surface area contributed by atoms with E-state index in [1.807, 2.05) is 0 Å². The number of carbonyl (C=O) groups is 1. The van der Waals surface area contributed by atoms with E-state index in [0.29, 0.717) is 24.9 Å². The first-order valence-corrected chi connectivity index (χ1v) is 4.23. The summed E-state index contributed by atoms with van der Waals surface area (Å²) in [5.41, 5.74) is 0. The fourth-order valence-corrected chi connectivity index (χ4v) is 2.14. The molecule has 3 atom stereocenters. The van der Waals surface area contributed by atoms with E-state index in [2.05, 4.69) is 4.74 Å². The molecule has 3 rings (SSSR count). The van der Waals surface area contributed by atoms with Crippen molar-refractivity contribution in [1.82, 2.24) is 4.90 Å². The third-order valence-corrected chi connectivity index (χ3v) is 2.91. The van der Waals surface area contributed by atoms with E-state index in [0.717, 1.165) is 6.42 Å². The van der Waals surface area contributed by atoms with E-state index in [1.165, 1.54) is 7.11 Å². The van der Waals surface area contributed by atoms with E-state index < -0.39 is 0 Å². The minimum absolute atomic E-state index is 0.175. The van der Waals surface area contributed by atoms with E-state index in [9.17, 15) is 9.90 Å². The Morgan fingerprint density at radius 3 is 2.50 bits per heavy atom. The van der Waals surface area contributed by atoms with Crippen molar-refractivity contribution in [3.63, 3.8) is 0 Å². The predicted octanol–water partition coefficient (Wildman–Crippen LogP) is 0.0654. The molecule has 0 aromatic carbocycles. The average molecular weight is 171 g/mol. The number of fused-ring (bicyclic) bond motifs is 2. The van der Waals surface area contributed by atoms with Gasteiger partial charge in [-0.1, -0.05) is 0 Å². The van der Waals surface area contributed by atoms with Gasteiger partial charge < -0.3 is 14.7 Å². The standard InChI is InChI=1S/C8H13NO3/c1-12-8(11)9-3-5-2-6(4-9)7(5)10/h5-7,10H,2-4H2,1H3/t5-,6+,7?. The highest BCUT2D eigenvalue weighted by Crippen LogP contribution is 2.39. The van der Waals surface area contributed by atoms with E-state index in [1.54, 1.807) is 4.90 Å². The number of hydrogen-bond donors (Lipinski definition) is 1. The first kappa shape index (κ1) is 7.86. The van der Waals surface area contributed by atoms with Gasteiger partial charge in [0, 0.05) is 24.9 Å². The molecule has 0 spiro atoms. The molecule has 4 nitrogen and oxygen atoms in total. The zero-order valence-corrected chi connectivity index (χ0v) is 7.06. The lowest BCUT2D eigenvalue weighted by atomic mass is 9.68. The molecule has 2 aliphatic heterocycles. The molecule has 3 aliphatic rings. The van der Waals surface area contributed by atoms with Crippen molar-refractivity contribution in [3.05, 3.63) is 0 Å². The van der Waals surface area contributed by atoms with Gasteiger partial charge in [0.25, 0.3) is 0 Å². The number of carbonyl (C=O) groups excluding carboxylic acids is 1. The van der Waals surface area contributed by atoms with Crippen LogP contribution in [0.2, 0.25) is 0 Å². The highest BCUT2D eigenvalue weighted by Gasteiger charge is 2.47. The topological polar surface area (TPSA) is 49.8 Å². The zero-order valence-electron chi connectivity index (χ0n) is 7.06. The summed E-state index contributed by atoms with van der Waals surface area (Å²) in [7, 11) is 1.39. The van der Waals surface area contributed by atoms with Crippen LogP contribution in [0, 0.1) is 11.8 Å². The third kappa shape index (κ3) is 0.982. The molecule has 1 amide bonds. The van der Waals surface area contributed by atoms with Crippen LogP contribution in [0.15, 0.2) is 0 Å². The Kier molecular flexibility index (Phi) is 1.72. The Bertz CT molecular complexity index is 194. The van der Waals surface area contributed by atoms with Crippen LogP contribution in [0.4, 0.5) is 4.79 Å². The number of nitrogens with zero attached hydrogens (tertiary/aromatic N) is 1. The van der Waals surface area contributed by atoms with Crippen LogP contribution in [-0.4, -0.2) is 42.4 Å². The van der Waals surface area contributed by atoms with Gasteiger partial charge in [-0.05, 0) is 6.42 Å². The summed E-state index contributed by atoms with van der Waals surface area (Å²) >= 11 is 0. The van der Waals surface area contributed by atoms with Crippen molar-refractivity contribution in [2.45, 2.75) is 12.5 Å². The van der Waals surface area contributed by atoms with Crippen LogP contribution in [0.25, 0.3) is 0 Å². The maximum Gasteiger partial charge on any atom is 0.409 e. The van der Waals surface area contributed by atoms with Crippen molar-refractivity contribution >= 4 is 6.09 Å². The monoisotopic (exact) mass is 171 g/mol. The molecule has 4 heteroatoms. The van der Waals surface area contributed by atoms with Crippen molar-refractivity contribution in [1.29, 1.82) is 0 Å². The quantitative estimate of drug-likeness (QED) is 0.561. The first-order chi connectivity index (χ1) is 5.72. The molecular weight excluding hydrogens is 158 g/mol. The molecule has 2 heterocycles. The SMILES string of the molecule is COC(=O)N1C[C@H]2C[C@@H](C1)C2O. The molecule has 0 aromatic heterocycles. The molecule has 3 fully saturated rings. The average Bonchev–Trinajstić information content (AvgIpc) is 2.16. The minimum Gasteiger partial charge on any atom is -0.453 e. The Morgan fingerprint density at radius 2 is 2.08 bits per heavy atom. The van der Waals surface area contributed by atoms with Gasteiger partial charge >= 0.3 is 6.09 Å². The van der Waals surface area contributed by atoms with Gasteiger partial charge in [-0.2, -0.15) is 0 Å². The fraction of sp³-hybridized carbons (Fsp3) is 0.875. The van der Waals surface area contributed by atoms with Crippen LogP contribution >= 0.6 is 0 Å². The molecular formula is C8H13NO3. The summed E-state index contributed by atoms with van der Waals surface area (Å²) in [6.45, 7) is 1.31. The molecule has 68 valence electrons. The van der Waals surface area contributed by atoms with E-state index in [-0.39, 0.29) is 12.2 Å². The zero-order chi connectivity index (χ0) is 8.72. The van der Waals surface area contributed by atoms with Gasteiger partial charge in [0.2, 0.25) is 0 Å². The fourth-order valence-electron chi connectivity index (χ4n) is 2.14. The number of amides is 1. The summed E-state index contributed by atoms with van der Waals surface area (Å²) in [6.07, 6.45) is 0.622. The second-order valence-corrected chi connectivity index (χ2v) is 3.62. The third-order valence-electron chi connectivity index (χ3n) is 2.91. The predicted molar refractivity (Wildman–Crippen MR) is 41.6 cm³/mol. The summed E-state index contributed by atoms with van der Waals surface area (Å²) in [5, 5.41) is 9.42. The Balaban J connectivity index is 1.94. The molecule has 12 heavy (non-hydrogen) atoms. The highest BCUT2D eigenvalue weighted by molar-refractivity contribution is 5.67. The first-order valence-electron chi connectivity index (χ1n) is 4.23. The molecule has 0 radical (unpaired) electrons. The second-order valence-electron chi connectivity index (χ2n) is 3.62. The summed E-state index contributed by atoms with van der Waals surface area (Å²) in [5.74, 6) is 0.589. The smallest absolute Gasteiger partial charge is 0.409 e. The number of methoxy groups -OCH3 is 1. The number of aliphatic hydroxyl groups is 1. The van der Waals surface area contributed by atoms with Gasteiger partial charge in [-0.25, -0.2) is 4.79 Å². The number of piperidine rings is 2. The Hall–Kier alpha value is -0.770. The summed E-state index contributed by atoms with van der Waals surface area (Å²) in [6, 6.07) is 0. The lowest BCUT2D eigenvalue weighted by Gasteiger charge is -2.50. The van der Waals surface area contributed by atoms with Gasteiger partial charge in [0.05, 0.1) is 13.2 Å². The largest absolute Gasteiger partial charge is 0.453 e. The van der Waals surface area contributed by atoms with Crippen molar-refractivity contribution in [3.8, 4) is 0 Å². The number of ether oxygens (including phenoxy) is 1.